The van der Waals surface area contributed by atoms with Gasteiger partial charge in [-0.1, -0.05) is 30.3 Å². The van der Waals surface area contributed by atoms with Gasteiger partial charge in [-0.3, -0.25) is 9.89 Å². The van der Waals surface area contributed by atoms with Gasteiger partial charge in [0.05, 0.1) is 18.8 Å². The lowest BCUT2D eigenvalue weighted by Crippen LogP contribution is -2.50. The summed E-state index contributed by atoms with van der Waals surface area (Å²) in [5.74, 6) is 2.07. The van der Waals surface area contributed by atoms with Crippen LogP contribution in [0.4, 0.5) is 0 Å². The molecular formula is C23H34N6O. The Hall–Kier alpha value is -2.38. The van der Waals surface area contributed by atoms with Crippen LogP contribution < -0.4 is 5.32 Å². The third-order valence-corrected chi connectivity index (χ3v) is 6.19. The van der Waals surface area contributed by atoms with E-state index in [1.165, 1.54) is 5.56 Å². The lowest BCUT2D eigenvalue weighted by Gasteiger charge is -2.36. The van der Waals surface area contributed by atoms with Gasteiger partial charge >= 0.3 is 0 Å². The highest BCUT2D eigenvalue weighted by molar-refractivity contribution is 5.80. The molecule has 2 aliphatic heterocycles. The molecule has 0 saturated carbocycles. The fourth-order valence-electron chi connectivity index (χ4n) is 4.53. The first kappa shape index (κ1) is 20.9. The molecule has 3 heterocycles. The SMILES string of the molecule is CN=C(NCCCCn1ccnc1C)N1CC2OCCN(Cc3ccccc3)C2C1. The van der Waals surface area contributed by atoms with Crippen LogP contribution >= 0.6 is 0 Å². The van der Waals surface area contributed by atoms with E-state index in [1.54, 1.807) is 0 Å². The maximum absolute atomic E-state index is 6.12. The average molecular weight is 411 g/mol. The number of rotatable bonds is 7. The number of morpholine rings is 1. The number of unbranched alkanes of at least 4 members (excludes halogenated alkanes) is 1. The molecule has 1 aromatic heterocycles. The Morgan fingerprint density at radius 3 is 2.87 bits per heavy atom. The minimum absolute atomic E-state index is 0.255. The van der Waals surface area contributed by atoms with E-state index in [2.05, 4.69) is 73.1 Å². The fourth-order valence-corrected chi connectivity index (χ4v) is 4.53. The monoisotopic (exact) mass is 410 g/mol. The standard InChI is InChI=1S/C23H34N6O/c1-19-25-11-13-27(19)12-7-6-10-26-23(24-2)29-17-21-22(18-29)30-15-14-28(21)16-20-8-4-3-5-9-20/h3-5,8-9,11,13,21-22H,6-7,10,12,14-18H2,1-2H3,(H,24,26). The number of fused-ring (bicyclic) bond motifs is 1. The van der Waals surface area contributed by atoms with Gasteiger partial charge in [-0.25, -0.2) is 4.98 Å². The number of likely N-dealkylation sites (tertiary alicyclic amines) is 1. The summed E-state index contributed by atoms with van der Waals surface area (Å²) in [5, 5.41) is 3.56. The van der Waals surface area contributed by atoms with E-state index in [1.807, 2.05) is 13.2 Å². The van der Waals surface area contributed by atoms with Crippen molar-refractivity contribution in [2.24, 2.45) is 4.99 Å². The van der Waals surface area contributed by atoms with E-state index in [9.17, 15) is 0 Å². The van der Waals surface area contributed by atoms with Crippen molar-refractivity contribution >= 4 is 5.96 Å². The lowest BCUT2D eigenvalue weighted by atomic mass is 10.1. The molecule has 2 aliphatic rings. The number of aromatic nitrogens is 2. The average Bonchev–Trinajstić information content (AvgIpc) is 3.38. The first-order valence-electron chi connectivity index (χ1n) is 11.1. The Balaban J connectivity index is 1.25. The highest BCUT2D eigenvalue weighted by Crippen LogP contribution is 2.24. The van der Waals surface area contributed by atoms with Gasteiger partial charge in [0.2, 0.25) is 0 Å². The third kappa shape index (κ3) is 5.02. The van der Waals surface area contributed by atoms with Crippen LogP contribution in [-0.2, 0) is 17.8 Å². The Morgan fingerprint density at radius 1 is 1.23 bits per heavy atom. The van der Waals surface area contributed by atoms with Crippen LogP contribution in [0.15, 0.2) is 47.7 Å². The molecule has 0 spiro atoms. The normalized spacial score (nSPS) is 22.3. The predicted molar refractivity (Wildman–Crippen MR) is 120 cm³/mol. The van der Waals surface area contributed by atoms with Gasteiger partial charge in [0.15, 0.2) is 5.96 Å². The number of imidazole rings is 1. The molecule has 162 valence electrons. The largest absolute Gasteiger partial charge is 0.373 e. The smallest absolute Gasteiger partial charge is 0.193 e. The van der Waals surface area contributed by atoms with Crippen molar-refractivity contribution in [2.75, 3.05) is 39.8 Å². The summed E-state index contributed by atoms with van der Waals surface area (Å²) in [6, 6.07) is 11.2. The van der Waals surface area contributed by atoms with Gasteiger partial charge in [-0.05, 0) is 25.3 Å². The fraction of sp³-hybridized carbons (Fsp3) is 0.565. The van der Waals surface area contributed by atoms with Crippen LogP contribution in [0.5, 0.6) is 0 Å². The second-order valence-corrected chi connectivity index (χ2v) is 8.19. The molecule has 0 radical (unpaired) electrons. The molecule has 2 fully saturated rings. The van der Waals surface area contributed by atoms with Crippen molar-refractivity contribution in [3.63, 3.8) is 0 Å². The first-order chi connectivity index (χ1) is 14.7. The lowest BCUT2D eigenvalue weighted by molar-refractivity contribution is -0.0502. The summed E-state index contributed by atoms with van der Waals surface area (Å²) < 4.78 is 8.32. The number of nitrogens with zero attached hydrogens (tertiary/aromatic N) is 5. The maximum Gasteiger partial charge on any atom is 0.193 e. The topological polar surface area (TPSA) is 57.9 Å². The molecule has 1 N–H and O–H groups in total. The number of ether oxygens (including phenoxy) is 1. The molecule has 7 heteroatoms. The zero-order chi connectivity index (χ0) is 20.8. The molecule has 30 heavy (non-hydrogen) atoms. The van der Waals surface area contributed by atoms with Crippen molar-refractivity contribution in [3.05, 3.63) is 54.1 Å². The number of guanidine groups is 1. The summed E-state index contributed by atoms with van der Waals surface area (Å²) in [6.45, 7) is 8.65. The number of hydrogen-bond donors (Lipinski definition) is 1. The number of nitrogens with one attached hydrogen (secondary N) is 1. The molecule has 1 aromatic carbocycles. The molecule has 2 aromatic rings. The summed E-state index contributed by atoms with van der Waals surface area (Å²) in [4.78, 5) is 13.8. The highest BCUT2D eigenvalue weighted by atomic mass is 16.5. The maximum atomic E-state index is 6.12. The Morgan fingerprint density at radius 2 is 2.10 bits per heavy atom. The minimum Gasteiger partial charge on any atom is -0.373 e. The van der Waals surface area contributed by atoms with Gasteiger partial charge in [-0.15, -0.1) is 0 Å². The number of aryl methyl sites for hydroxylation is 2. The summed E-state index contributed by atoms with van der Waals surface area (Å²) >= 11 is 0. The molecule has 0 amide bonds. The molecule has 2 atom stereocenters. The molecule has 4 rings (SSSR count). The quantitative estimate of drug-likeness (QED) is 0.431. The van der Waals surface area contributed by atoms with E-state index in [4.69, 9.17) is 4.74 Å². The molecule has 0 bridgehead atoms. The van der Waals surface area contributed by atoms with Crippen LogP contribution in [0, 0.1) is 6.92 Å². The Kier molecular flexibility index (Phi) is 7.02. The Labute approximate surface area is 179 Å². The van der Waals surface area contributed by atoms with Crippen molar-refractivity contribution in [3.8, 4) is 0 Å². The summed E-state index contributed by atoms with van der Waals surface area (Å²) in [5.41, 5.74) is 1.37. The van der Waals surface area contributed by atoms with Gasteiger partial charge in [0.25, 0.3) is 0 Å². The van der Waals surface area contributed by atoms with E-state index >= 15 is 0 Å². The zero-order valence-corrected chi connectivity index (χ0v) is 18.2. The van der Waals surface area contributed by atoms with Crippen LogP contribution in [-0.4, -0.2) is 77.3 Å². The summed E-state index contributed by atoms with van der Waals surface area (Å²) in [7, 11) is 1.88. The zero-order valence-electron chi connectivity index (χ0n) is 18.2. The molecule has 0 aliphatic carbocycles. The second-order valence-electron chi connectivity index (χ2n) is 8.19. The summed E-state index contributed by atoms with van der Waals surface area (Å²) in [6.07, 6.45) is 6.40. The number of aliphatic imine (C=N–C) groups is 1. The van der Waals surface area contributed by atoms with E-state index in [0.29, 0.717) is 6.04 Å². The van der Waals surface area contributed by atoms with Crippen LogP contribution in [0.1, 0.15) is 24.2 Å². The highest BCUT2D eigenvalue weighted by Gasteiger charge is 2.41. The van der Waals surface area contributed by atoms with E-state index in [-0.39, 0.29) is 6.10 Å². The Bertz CT molecular complexity index is 820. The number of hydrogen-bond acceptors (Lipinski definition) is 4. The second kappa shape index (κ2) is 10.1. The van der Waals surface area contributed by atoms with Crippen LogP contribution in [0.2, 0.25) is 0 Å². The third-order valence-electron chi connectivity index (χ3n) is 6.19. The van der Waals surface area contributed by atoms with E-state index in [0.717, 1.165) is 70.5 Å². The van der Waals surface area contributed by atoms with Crippen molar-refractivity contribution in [1.82, 2.24) is 24.7 Å². The minimum atomic E-state index is 0.255. The van der Waals surface area contributed by atoms with Crippen molar-refractivity contribution < 1.29 is 4.74 Å². The predicted octanol–water partition coefficient (Wildman–Crippen LogP) is 2.13. The van der Waals surface area contributed by atoms with E-state index < -0.39 is 0 Å². The molecule has 7 nitrogen and oxygen atoms in total. The van der Waals surface area contributed by atoms with Gasteiger partial charge in [0.1, 0.15) is 5.82 Å². The molecule has 2 unspecified atom stereocenters. The van der Waals surface area contributed by atoms with Gasteiger partial charge in [0, 0.05) is 58.7 Å². The van der Waals surface area contributed by atoms with Gasteiger partial charge in [-0.2, -0.15) is 0 Å². The first-order valence-corrected chi connectivity index (χ1v) is 11.1. The van der Waals surface area contributed by atoms with Gasteiger partial charge < -0.3 is 19.5 Å². The van der Waals surface area contributed by atoms with Crippen LogP contribution in [0.25, 0.3) is 0 Å². The van der Waals surface area contributed by atoms with Crippen molar-refractivity contribution in [1.29, 1.82) is 0 Å². The van der Waals surface area contributed by atoms with Crippen molar-refractivity contribution in [2.45, 2.75) is 45.0 Å². The number of benzene rings is 1. The van der Waals surface area contributed by atoms with Crippen LogP contribution in [0.3, 0.4) is 0 Å². The molecular weight excluding hydrogens is 376 g/mol. The molecule has 2 saturated heterocycles.